The summed E-state index contributed by atoms with van der Waals surface area (Å²) < 4.78 is 17.9. The Balaban J connectivity index is 2.97. The van der Waals surface area contributed by atoms with E-state index in [0.717, 1.165) is 26.1 Å². The number of unbranched alkanes of at least 4 members (excludes halogenated alkanes) is 1. The molecule has 94 heavy (non-hydrogen) atoms. The number of Topliss-reactive ketones (excluding diaryl/α,β-unsaturated/α-hetero) is 4. The topological polar surface area (TPSA) is 259 Å². The molecule has 2 N–H and O–H groups in total. The van der Waals surface area contributed by atoms with Crippen LogP contribution in [-0.2, 0) is 66.7 Å². The van der Waals surface area contributed by atoms with Crippen LogP contribution in [0.3, 0.4) is 0 Å². The van der Waals surface area contributed by atoms with Gasteiger partial charge < -0.3 is 49.1 Å². The molecule has 22 nitrogen and oxygen atoms in total. The number of carbonyl (C=O) groups excluding carboxylic acids is 11. The molecule has 538 valence electrons. The molecule has 0 aliphatic carbocycles. The van der Waals surface area contributed by atoms with Crippen LogP contribution >= 0.6 is 9.47 Å². The van der Waals surface area contributed by atoms with Gasteiger partial charge in [0.05, 0.1) is 43.5 Å². The Bertz CT molecular complexity index is 2520. The van der Waals surface area contributed by atoms with Crippen molar-refractivity contribution in [3.8, 4) is 0 Å². The first-order valence-corrected chi connectivity index (χ1v) is 35.3. The van der Waals surface area contributed by atoms with E-state index in [4.69, 9.17) is 14.0 Å². The number of ether oxygens (including phenoxy) is 2. The fraction of sp³-hybridized carbons (Fsp3) is 0.817. The Hall–Kier alpha value is -5.02. The van der Waals surface area contributed by atoms with Crippen LogP contribution in [0.5, 0.6) is 0 Å². The van der Waals surface area contributed by atoms with Crippen molar-refractivity contribution in [1.82, 2.24) is 40.0 Å². The number of carbonyl (C=O) groups is 11. The van der Waals surface area contributed by atoms with Crippen LogP contribution < -0.4 is 10.6 Å². The lowest BCUT2D eigenvalue weighted by Gasteiger charge is -2.41. The van der Waals surface area contributed by atoms with Gasteiger partial charge in [-0.1, -0.05) is 109 Å². The van der Waals surface area contributed by atoms with Crippen molar-refractivity contribution in [2.45, 2.75) is 243 Å². The van der Waals surface area contributed by atoms with E-state index in [-0.39, 0.29) is 87.4 Å². The zero-order valence-corrected chi connectivity index (χ0v) is 62.8. The molecule has 0 aromatic rings. The highest BCUT2D eigenvalue weighted by Gasteiger charge is 2.46. The average Bonchev–Trinajstić information content (AvgIpc) is 0.825. The molecular weight excluding hydrogens is 1220 g/mol. The Kier molecular flexibility index (Phi) is 37.4. The van der Waals surface area contributed by atoms with E-state index in [1.807, 2.05) is 81.4 Å². The zero-order valence-electron chi connectivity index (χ0n) is 61.6. The minimum absolute atomic E-state index is 0.0826. The van der Waals surface area contributed by atoms with Gasteiger partial charge in [-0.15, -0.1) is 0 Å². The van der Waals surface area contributed by atoms with E-state index in [0.29, 0.717) is 26.1 Å². The Morgan fingerprint density at radius 1 is 0.553 bits per heavy atom. The lowest BCUT2D eigenvalue weighted by molar-refractivity contribution is -0.154. The van der Waals surface area contributed by atoms with Crippen molar-refractivity contribution in [2.24, 2.45) is 59.2 Å². The summed E-state index contributed by atoms with van der Waals surface area (Å²) in [6.07, 6.45) is 3.43. The van der Waals surface area contributed by atoms with Crippen LogP contribution in [0.25, 0.3) is 0 Å². The number of amides is 7. The Morgan fingerprint density at radius 2 is 1.07 bits per heavy atom. The van der Waals surface area contributed by atoms with Crippen molar-refractivity contribution >= 4 is 73.9 Å². The number of rotatable bonds is 21. The summed E-state index contributed by atoms with van der Waals surface area (Å²) in [6.45, 7) is 34.6. The molecule has 2 aliphatic rings. The largest absolute Gasteiger partial charge is 0.379 e. The molecule has 0 aromatic heterocycles. The number of allylic oxidation sites excluding steroid dienone is 2. The molecule has 0 spiro atoms. The molecule has 15 atom stereocenters. The minimum atomic E-state index is -1.37. The molecule has 0 bridgehead atoms. The number of nitrogens with one attached hydrogen (secondary N) is 2. The van der Waals surface area contributed by atoms with Crippen molar-refractivity contribution in [3.05, 3.63) is 12.2 Å². The summed E-state index contributed by atoms with van der Waals surface area (Å²) >= 11 is 0. The third kappa shape index (κ3) is 25.4. The molecule has 7 amide bonds. The third-order valence-corrected chi connectivity index (χ3v) is 19.2. The molecule has 23 heteroatoms. The number of morpholine rings is 1. The van der Waals surface area contributed by atoms with Gasteiger partial charge in [-0.3, -0.25) is 57.6 Å². The SMILES string of the molecule is C/C=C/C[C@@H](C)[C@@H](OP)[C@H]1C(=O)N[C@@H](CC)C(=O)C[C@H](C)C(=O)N(C)[C@@H]([C@@H](C)OCCCCN2CCOCC2)C(=O)C[C@@H](C(C)C)C(=O)N(C)[C@@H](CC(C)C)C(=O)C[C@@H](C)C(=O)N[C@H](C)C(=O)N(C)[C@@H](CC(C)C)C(=O)C[C@@H](CC(C)C)C(=O)N(C)[C@@H](C(C)C)C(=O)N1C. The molecule has 0 saturated carbocycles. The normalized spacial score (nSPS) is 27.9. The highest BCUT2D eigenvalue weighted by atomic mass is 31.0. The lowest BCUT2D eigenvalue weighted by Crippen LogP contribution is -2.62. The fourth-order valence-electron chi connectivity index (χ4n) is 13.2. The van der Waals surface area contributed by atoms with E-state index < -0.39 is 149 Å². The lowest BCUT2D eigenvalue weighted by atomic mass is 9.85. The van der Waals surface area contributed by atoms with Crippen molar-refractivity contribution in [1.29, 1.82) is 0 Å². The summed E-state index contributed by atoms with van der Waals surface area (Å²) in [4.78, 5) is 172. The molecule has 1 unspecified atom stereocenters. The van der Waals surface area contributed by atoms with Gasteiger partial charge in [0, 0.05) is 114 Å². The number of likely N-dealkylation sites (N-methyl/N-ethyl adjacent to an activating group) is 5. The summed E-state index contributed by atoms with van der Waals surface area (Å²) in [5, 5.41) is 5.68. The Labute approximate surface area is 567 Å². The van der Waals surface area contributed by atoms with Crippen molar-refractivity contribution in [3.63, 3.8) is 0 Å². The van der Waals surface area contributed by atoms with Crippen LogP contribution in [0.1, 0.15) is 188 Å². The van der Waals surface area contributed by atoms with Crippen molar-refractivity contribution in [2.75, 3.05) is 74.7 Å². The smallest absolute Gasteiger partial charge is 0.246 e. The van der Waals surface area contributed by atoms with Crippen LogP contribution in [0.15, 0.2) is 12.2 Å². The maximum absolute atomic E-state index is 15.3. The quantitative estimate of drug-likeness (QED) is 0.0636. The van der Waals surface area contributed by atoms with Gasteiger partial charge in [0.25, 0.3) is 0 Å². The van der Waals surface area contributed by atoms with E-state index in [1.54, 1.807) is 41.5 Å². The zero-order chi connectivity index (χ0) is 71.8. The first kappa shape index (κ1) is 85.1. The number of ketones is 4. The number of hydrogen-bond donors (Lipinski definition) is 2. The van der Waals surface area contributed by atoms with Crippen LogP contribution in [0, 0.1) is 59.2 Å². The number of hydrogen-bond acceptors (Lipinski definition) is 15. The maximum atomic E-state index is 15.3. The maximum Gasteiger partial charge on any atom is 0.246 e. The van der Waals surface area contributed by atoms with Crippen LogP contribution in [-0.4, -0.2) is 223 Å². The van der Waals surface area contributed by atoms with Gasteiger partial charge in [0.2, 0.25) is 41.4 Å². The second-order valence-corrected chi connectivity index (χ2v) is 29.4. The molecule has 0 aromatic carbocycles. The summed E-state index contributed by atoms with van der Waals surface area (Å²) in [7, 11) is 9.69. The first-order valence-electron chi connectivity index (χ1n) is 34.8. The van der Waals surface area contributed by atoms with Gasteiger partial charge in [0.1, 0.15) is 24.2 Å². The monoisotopic (exact) mass is 1340 g/mol. The van der Waals surface area contributed by atoms with E-state index in [9.17, 15) is 33.6 Å². The summed E-state index contributed by atoms with van der Waals surface area (Å²) in [6, 6.07) is -8.07. The standard InChI is InChI=1S/C71H125N8O14P/c1-23-25-28-47(13)64(93-94)63-66(85)73-54(24-2)57(80)39-49(15)67(86)77(21)62(51(17)92-32-27-26-29-79-30-33-91-34-31-79)60(83)41-53(45(9)10)70(89)75(19)55(36-43(5)6)58(81)38-48(14)65(84)72-50(16)68(87)74(18)56(37-44(7)8)59(82)40-52(35-42(3)4)69(88)76(20)61(46(11)12)71(90)78(63)22/h23,25,42-56,61-64H,24,26-41,94H2,1-22H3,(H,72,84)(H,73,85)/b25-23+/t47-,48-,49+,50-,51-,52-,53+,54+,55+,56+,61+,62+,63+,64-/m1/s1. The highest BCUT2D eigenvalue weighted by Crippen LogP contribution is 2.30. The predicted octanol–water partition coefficient (Wildman–Crippen LogP) is 7.62. The minimum Gasteiger partial charge on any atom is -0.379 e. The molecular formula is C71H125N8O14P. The fourth-order valence-corrected chi connectivity index (χ4v) is 13.6. The second-order valence-electron chi connectivity index (χ2n) is 29.1. The summed E-state index contributed by atoms with van der Waals surface area (Å²) in [5.41, 5.74) is 0. The van der Waals surface area contributed by atoms with Gasteiger partial charge in [-0.05, 0) is 108 Å². The summed E-state index contributed by atoms with van der Waals surface area (Å²) in [5.74, 6) is -11.2. The number of nitrogens with zero attached hydrogens (tertiary/aromatic N) is 6. The predicted molar refractivity (Wildman–Crippen MR) is 370 cm³/mol. The van der Waals surface area contributed by atoms with Crippen molar-refractivity contribution < 1.29 is 66.7 Å². The van der Waals surface area contributed by atoms with Crippen LogP contribution in [0.2, 0.25) is 0 Å². The molecule has 2 heterocycles. The molecule has 0 radical (unpaired) electrons. The van der Waals surface area contributed by atoms with Gasteiger partial charge in [0.15, 0.2) is 23.1 Å². The van der Waals surface area contributed by atoms with Crippen LogP contribution in [0.4, 0.5) is 0 Å². The molecule has 2 aliphatic heterocycles. The Morgan fingerprint density at radius 3 is 1.59 bits per heavy atom. The second kappa shape index (κ2) is 41.3. The highest BCUT2D eigenvalue weighted by molar-refractivity contribution is 7.09. The average molecular weight is 1350 g/mol. The van der Waals surface area contributed by atoms with Gasteiger partial charge in [-0.2, -0.15) is 0 Å². The molecule has 2 fully saturated rings. The molecule has 2 saturated heterocycles. The van der Waals surface area contributed by atoms with E-state index in [1.165, 1.54) is 66.7 Å². The van der Waals surface area contributed by atoms with E-state index in [2.05, 4.69) is 25.0 Å². The van der Waals surface area contributed by atoms with Gasteiger partial charge in [-0.25, -0.2) is 0 Å². The van der Waals surface area contributed by atoms with Gasteiger partial charge >= 0.3 is 0 Å². The first-order chi connectivity index (χ1) is 43.9. The molecule has 2 rings (SSSR count). The van der Waals surface area contributed by atoms with E-state index >= 15 is 19.2 Å². The third-order valence-electron chi connectivity index (χ3n) is 18.9.